The van der Waals surface area contributed by atoms with Crippen LogP contribution in [0.1, 0.15) is 65.7 Å². The fourth-order valence-electron chi connectivity index (χ4n) is 3.30. The van der Waals surface area contributed by atoms with Gasteiger partial charge in [-0.15, -0.1) is 0 Å². The molecule has 1 fully saturated rings. The van der Waals surface area contributed by atoms with Crippen LogP contribution in [0, 0.1) is 11.8 Å². The first-order chi connectivity index (χ1) is 8.18. The first kappa shape index (κ1) is 12.9. The molecular weight excluding hydrogens is 206 g/mol. The zero-order valence-corrected chi connectivity index (χ0v) is 11.8. The number of fused-ring (bicyclic) bond motifs is 1. The molecule has 1 heterocycles. The molecule has 0 aromatic rings. The van der Waals surface area contributed by atoms with Crippen LogP contribution in [0.4, 0.5) is 0 Å². The zero-order valence-electron chi connectivity index (χ0n) is 11.8. The first-order valence-electron chi connectivity index (χ1n) is 7.40. The van der Waals surface area contributed by atoms with Crippen molar-refractivity contribution >= 4 is 5.71 Å². The van der Waals surface area contributed by atoms with Crippen molar-refractivity contribution in [2.24, 2.45) is 16.8 Å². The van der Waals surface area contributed by atoms with E-state index in [-0.39, 0.29) is 0 Å². The molecule has 0 radical (unpaired) electrons. The Bertz CT molecular complexity index is 322. The molecule has 0 bridgehead atoms. The maximum absolute atomic E-state index is 4.87. The third-order valence-electron chi connectivity index (χ3n) is 4.20. The van der Waals surface area contributed by atoms with E-state index >= 15 is 0 Å². The Kier molecular flexibility index (Phi) is 4.42. The van der Waals surface area contributed by atoms with Crippen LogP contribution in [0.15, 0.2) is 16.1 Å². The van der Waals surface area contributed by atoms with Gasteiger partial charge in [-0.2, -0.15) is 0 Å². The van der Waals surface area contributed by atoms with Gasteiger partial charge in [0.05, 0.1) is 6.54 Å². The number of hydrogen-bond donors (Lipinski definition) is 0. The van der Waals surface area contributed by atoms with Gasteiger partial charge in [-0.05, 0) is 38.5 Å². The number of allylic oxidation sites excluding steroid dienone is 1. The van der Waals surface area contributed by atoms with Gasteiger partial charge in [0.15, 0.2) is 0 Å². The second kappa shape index (κ2) is 5.84. The molecule has 1 aliphatic carbocycles. The van der Waals surface area contributed by atoms with Crippen molar-refractivity contribution < 1.29 is 0 Å². The summed E-state index contributed by atoms with van der Waals surface area (Å²) in [6.45, 7) is 7.92. The molecule has 17 heavy (non-hydrogen) atoms. The molecule has 1 heteroatoms. The van der Waals surface area contributed by atoms with E-state index in [2.05, 4.69) is 20.8 Å². The van der Waals surface area contributed by atoms with Crippen LogP contribution in [0.25, 0.3) is 0 Å². The van der Waals surface area contributed by atoms with Gasteiger partial charge in [0, 0.05) is 11.6 Å². The summed E-state index contributed by atoms with van der Waals surface area (Å²) in [5.41, 5.74) is 4.85. The minimum Gasteiger partial charge on any atom is -0.289 e. The maximum atomic E-state index is 4.87. The third kappa shape index (κ3) is 3.20. The predicted octanol–water partition coefficient (Wildman–Crippen LogP) is 4.77. The number of dihydropyridines is 1. The van der Waals surface area contributed by atoms with Crippen molar-refractivity contribution in [3.8, 4) is 0 Å². The second-order valence-electron chi connectivity index (χ2n) is 6.22. The Balaban J connectivity index is 2.16. The van der Waals surface area contributed by atoms with Crippen molar-refractivity contribution in [1.29, 1.82) is 0 Å². The van der Waals surface area contributed by atoms with E-state index in [9.17, 15) is 0 Å². The van der Waals surface area contributed by atoms with Gasteiger partial charge in [-0.3, -0.25) is 4.99 Å². The summed E-state index contributed by atoms with van der Waals surface area (Å²) in [5.74, 6) is 1.46. The summed E-state index contributed by atoms with van der Waals surface area (Å²) in [6, 6.07) is 0. The minimum absolute atomic E-state index is 0.714. The summed E-state index contributed by atoms with van der Waals surface area (Å²) in [6.07, 6.45) is 9.57. The highest BCUT2D eigenvalue weighted by molar-refractivity contribution is 5.90. The molecule has 2 aliphatic rings. The molecular formula is C16H27N. The van der Waals surface area contributed by atoms with Gasteiger partial charge in [-0.25, -0.2) is 0 Å². The fraction of sp³-hybridized carbons (Fsp3) is 0.812. The lowest BCUT2D eigenvalue weighted by atomic mass is 9.77. The van der Waals surface area contributed by atoms with E-state index in [1.54, 1.807) is 11.1 Å². The zero-order chi connectivity index (χ0) is 12.3. The molecule has 0 amide bonds. The van der Waals surface area contributed by atoms with Crippen molar-refractivity contribution in [1.82, 2.24) is 0 Å². The lowest BCUT2D eigenvalue weighted by Gasteiger charge is -2.31. The Morgan fingerprint density at radius 2 is 1.94 bits per heavy atom. The van der Waals surface area contributed by atoms with Crippen LogP contribution in [0.3, 0.4) is 0 Å². The van der Waals surface area contributed by atoms with Gasteiger partial charge < -0.3 is 0 Å². The average molecular weight is 233 g/mol. The molecule has 0 N–H and O–H groups in total. The SMILES string of the molecule is CC1=C2CCCCCCC2C(CC(C)C)=NC1. The minimum atomic E-state index is 0.714. The second-order valence-corrected chi connectivity index (χ2v) is 6.22. The van der Waals surface area contributed by atoms with Crippen molar-refractivity contribution in [2.45, 2.75) is 65.7 Å². The molecule has 0 aromatic heterocycles. The number of hydrogen-bond acceptors (Lipinski definition) is 1. The third-order valence-corrected chi connectivity index (χ3v) is 4.20. The number of rotatable bonds is 2. The highest BCUT2D eigenvalue weighted by atomic mass is 14.8. The predicted molar refractivity (Wildman–Crippen MR) is 75.6 cm³/mol. The molecule has 0 saturated heterocycles. The summed E-state index contributed by atoms with van der Waals surface area (Å²) >= 11 is 0. The summed E-state index contributed by atoms with van der Waals surface area (Å²) < 4.78 is 0. The van der Waals surface area contributed by atoms with Gasteiger partial charge in [0.2, 0.25) is 0 Å². The molecule has 1 aliphatic heterocycles. The van der Waals surface area contributed by atoms with Gasteiger partial charge in [0.1, 0.15) is 0 Å². The van der Waals surface area contributed by atoms with Gasteiger partial charge in [-0.1, -0.05) is 44.3 Å². The van der Waals surface area contributed by atoms with E-state index in [1.165, 1.54) is 50.7 Å². The van der Waals surface area contributed by atoms with Crippen LogP contribution in [0.2, 0.25) is 0 Å². The Morgan fingerprint density at radius 3 is 2.71 bits per heavy atom. The summed E-state index contributed by atoms with van der Waals surface area (Å²) in [4.78, 5) is 4.87. The quantitative estimate of drug-likeness (QED) is 0.609. The van der Waals surface area contributed by atoms with E-state index in [1.807, 2.05) is 0 Å². The molecule has 96 valence electrons. The maximum Gasteiger partial charge on any atom is 0.0599 e. The molecule has 0 aromatic carbocycles. The van der Waals surface area contributed by atoms with Crippen LogP contribution >= 0.6 is 0 Å². The first-order valence-corrected chi connectivity index (χ1v) is 7.40. The fourth-order valence-corrected chi connectivity index (χ4v) is 3.30. The Morgan fingerprint density at radius 1 is 1.18 bits per heavy atom. The molecule has 1 atom stereocenters. The normalized spacial score (nSPS) is 26.4. The van der Waals surface area contributed by atoms with Crippen molar-refractivity contribution in [2.75, 3.05) is 6.54 Å². The van der Waals surface area contributed by atoms with Crippen LogP contribution in [-0.2, 0) is 0 Å². The van der Waals surface area contributed by atoms with Gasteiger partial charge in [0.25, 0.3) is 0 Å². The van der Waals surface area contributed by atoms with Crippen molar-refractivity contribution in [3.63, 3.8) is 0 Å². The van der Waals surface area contributed by atoms with Gasteiger partial charge >= 0.3 is 0 Å². The molecule has 0 spiro atoms. The highest BCUT2D eigenvalue weighted by Gasteiger charge is 2.26. The standard InChI is InChI=1S/C16H27N/c1-12(2)10-16-15-9-7-5-4-6-8-14(15)13(3)11-17-16/h12,15H,4-11H2,1-3H3. The largest absolute Gasteiger partial charge is 0.289 e. The average Bonchev–Trinajstić information content (AvgIpc) is 2.22. The van der Waals surface area contributed by atoms with Crippen LogP contribution in [-0.4, -0.2) is 12.3 Å². The monoisotopic (exact) mass is 233 g/mol. The van der Waals surface area contributed by atoms with E-state index in [0.29, 0.717) is 5.92 Å². The highest BCUT2D eigenvalue weighted by Crippen LogP contribution is 2.34. The smallest absolute Gasteiger partial charge is 0.0599 e. The Hall–Kier alpha value is -0.590. The van der Waals surface area contributed by atoms with E-state index in [0.717, 1.165) is 12.5 Å². The lowest BCUT2D eigenvalue weighted by molar-refractivity contribution is 0.508. The van der Waals surface area contributed by atoms with E-state index in [4.69, 9.17) is 4.99 Å². The molecule has 1 saturated carbocycles. The Labute approximate surface area is 106 Å². The number of nitrogens with zero attached hydrogens (tertiary/aromatic N) is 1. The molecule has 2 rings (SSSR count). The number of aliphatic imine (C=N–C) groups is 1. The lowest BCUT2D eigenvalue weighted by Crippen LogP contribution is -2.25. The van der Waals surface area contributed by atoms with Crippen LogP contribution in [0.5, 0.6) is 0 Å². The molecule has 1 unspecified atom stereocenters. The summed E-state index contributed by atoms with van der Waals surface area (Å²) in [7, 11) is 0. The van der Waals surface area contributed by atoms with Crippen LogP contribution < -0.4 is 0 Å². The van der Waals surface area contributed by atoms with Crippen molar-refractivity contribution in [3.05, 3.63) is 11.1 Å². The molecule has 1 nitrogen and oxygen atoms in total. The van der Waals surface area contributed by atoms with E-state index < -0.39 is 0 Å². The summed E-state index contributed by atoms with van der Waals surface area (Å²) in [5, 5.41) is 0. The topological polar surface area (TPSA) is 12.4 Å².